The van der Waals surface area contributed by atoms with Gasteiger partial charge in [-0.05, 0) is 49.4 Å². The summed E-state index contributed by atoms with van der Waals surface area (Å²) < 4.78 is 29.0. The first-order valence-corrected chi connectivity index (χ1v) is 11.7. The van der Waals surface area contributed by atoms with Gasteiger partial charge < -0.3 is 10.1 Å². The minimum absolute atomic E-state index is 0.0545. The van der Waals surface area contributed by atoms with Crippen LogP contribution in [0.25, 0.3) is 11.0 Å². The topological polar surface area (TPSA) is 103 Å². The number of aromatic nitrogens is 2. The summed E-state index contributed by atoms with van der Waals surface area (Å²) >= 11 is 0. The molecule has 1 saturated carbocycles. The van der Waals surface area contributed by atoms with E-state index in [0.29, 0.717) is 23.3 Å². The maximum absolute atomic E-state index is 13.7. The fourth-order valence-electron chi connectivity index (χ4n) is 5.09. The number of nitrogens with zero attached hydrogens (tertiary/aromatic N) is 2. The molecule has 1 aliphatic carbocycles. The van der Waals surface area contributed by atoms with Crippen LogP contribution in [0.5, 0.6) is 0 Å². The van der Waals surface area contributed by atoms with Crippen molar-refractivity contribution in [2.75, 3.05) is 0 Å². The van der Waals surface area contributed by atoms with Gasteiger partial charge in [0.2, 0.25) is 10.0 Å². The van der Waals surface area contributed by atoms with Crippen LogP contribution in [0, 0.1) is 5.92 Å². The van der Waals surface area contributed by atoms with Gasteiger partial charge in [-0.15, -0.1) is 0 Å². The Kier molecular flexibility index (Phi) is 4.63. The molecule has 5 rings (SSSR count). The second kappa shape index (κ2) is 7.21. The number of hydrogen-bond donors (Lipinski definition) is 2. The van der Waals surface area contributed by atoms with E-state index in [4.69, 9.17) is 0 Å². The first-order valence-electron chi connectivity index (χ1n) is 10.3. The van der Waals surface area contributed by atoms with Crippen molar-refractivity contribution in [2.45, 2.75) is 49.1 Å². The van der Waals surface area contributed by atoms with Gasteiger partial charge in [-0.25, -0.2) is 18.2 Å². The van der Waals surface area contributed by atoms with Crippen molar-refractivity contribution in [3.05, 3.63) is 59.9 Å². The standard InChI is InChI=1S/C22H23N3O4S/c26-22(27)16-10-6-11-17-20(16)24-21(23-17)19-13-14-7-4-5-12-18(14)25(19)30(28,29)15-8-2-1-3-9-15/h1-3,6,8-11,14,18-19H,4-5,7,12-13H2,(H,23,24)(H,26,27)/t14-,18-,19+/m1/s1. The molecule has 2 heterocycles. The molecule has 2 aromatic carbocycles. The number of hydrogen-bond acceptors (Lipinski definition) is 4. The SMILES string of the molecule is O=C(O)c1cccc2[nH]c([C@@H]3C[C@H]4CCCC[C@H]4N3S(=O)(=O)c3ccccc3)nc12. The molecule has 3 atom stereocenters. The van der Waals surface area contributed by atoms with E-state index in [-0.39, 0.29) is 22.4 Å². The van der Waals surface area contributed by atoms with Crippen molar-refractivity contribution in [3.8, 4) is 0 Å². The first-order chi connectivity index (χ1) is 14.5. The van der Waals surface area contributed by atoms with Crippen LogP contribution in [0.15, 0.2) is 53.4 Å². The number of carboxylic acids is 1. The van der Waals surface area contributed by atoms with Crippen molar-refractivity contribution < 1.29 is 18.3 Å². The number of aromatic carboxylic acids is 1. The Hall–Kier alpha value is -2.71. The molecule has 7 nitrogen and oxygen atoms in total. The second-order valence-corrected chi connectivity index (χ2v) is 9.98. The van der Waals surface area contributed by atoms with Crippen LogP contribution in [0.3, 0.4) is 0 Å². The zero-order valence-electron chi connectivity index (χ0n) is 16.4. The first kappa shape index (κ1) is 19.3. The van der Waals surface area contributed by atoms with E-state index in [1.165, 1.54) is 6.07 Å². The number of carbonyl (C=O) groups is 1. The molecule has 2 N–H and O–H groups in total. The number of H-pyrrole nitrogens is 1. The van der Waals surface area contributed by atoms with Crippen molar-refractivity contribution in [1.82, 2.24) is 14.3 Å². The van der Waals surface area contributed by atoms with Gasteiger partial charge in [0.15, 0.2) is 0 Å². The molecule has 0 amide bonds. The van der Waals surface area contributed by atoms with Gasteiger partial charge in [-0.2, -0.15) is 4.31 Å². The number of imidazole rings is 1. The lowest BCUT2D eigenvalue weighted by atomic mass is 9.85. The molecule has 2 fully saturated rings. The second-order valence-electron chi connectivity index (χ2n) is 8.14. The molecule has 1 aromatic heterocycles. The summed E-state index contributed by atoms with van der Waals surface area (Å²) in [6.45, 7) is 0. The Morgan fingerprint density at radius 3 is 2.60 bits per heavy atom. The fraction of sp³-hybridized carbons (Fsp3) is 0.364. The Balaban J connectivity index is 1.63. The van der Waals surface area contributed by atoms with E-state index in [0.717, 1.165) is 25.7 Å². The summed E-state index contributed by atoms with van der Waals surface area (Å²) in [5.74, 6) is -0.241. The van der Waals surface area contributed by atoms with Gasteiger partial charge in [0.05, 0.1) is 22.0 Å². The Morgan fingerprint density at radius 2 is 1.83 bits per heavy atom. The van der Waals surface area contributed by atoms with Gasteiger partial charge in [-0.1, -0.05) is 37.1 Å². The quantitative estimate of drug-likeness (QED) is 0.659. The molecular formula is C22H23N3O4S. The number of nitrogens with one attached hydrogen (secondary N) is 1. The third kappa shape index (κ3) is 3.02. The summed E-state index contributed by atoms with van der Waals surface area (Å²) in [4.78, 5) is 19.7. The van der Waals surface area contributed by atoms with E-state index in [9.17, 15) is 18.3 Å². The summed E-state index contributed by atoms with van der Waals surface area (Å²) in [7, 11) is -3.71. The zero-order chi connectivity index (χ0) is 20.9. The van der Waals surface area contributed by atoms with Gasteiger partial charge in [0.25, 0.3) is 0 Å². The highest BCUT2D eigenvalue weighted by Crippen LogP contribution is 2.48. The highest BCUT2D eigenvalue weighted by atomic mass is 32.2. The van der Waals surface area contributed by atoms with Gasteiger partial charge in [-0.3, -0.25) is 0 Å². The smallest absolute Gasteiger partial charge is 0.337 e. The van der Waals surface area contributed by atoms with Crippen LogP contribution in [0.2, 0.25) is 0 Å². The fourth-order valence-corrected chi connectivity index (χ4v) is 6.99. The van der Waals surface area contributed by atoms with E-state index in [2.05, 4.69) is 9.97 Å². The Bertz CT molecular complexity index is 1210. The largest absolute Gasteiger partial charge is 0.478 e. The average Bonchev–Trinajstić information content (AvgIpc) is 3.35. The van der Waals surface area contributed by atoms with Gasteiger partial charge in [0, 0.05) is 6.04 Å². The molecule has 30 heavy (non-hydrogen) atoms. The third-order valence-electron chi connectivity index (χ3n) is 6.42. The maximum Gasteiger partial charge on any atom is 0.337 e. The van der Waals surface area contributed by atoms with Crippen LogP contribution in [0.4, 0.5) is 0 Å². The Labute approximate surface area is 174 Å². The number of aromatic amines is 1. The maximum atomic E-state index is 13.7. The normalized spacial score (nSPS) is 24.7. The number of carboxylic acid groups (broad SMARTS) is 1. The average molecular weight is 426 g/mol. The van der Waals surface area contributed by atoms with Crippen molar-refractivity contribution >= 4 is 27.0 Å². The highest BCUT2D eigenvalue weighted by molar-refractivity contribution is 7.89. The minimum atomic E-state index is -3.71. The van der Waals surface area contributed by atoms with Crippen molar-refractivity contribution in [1.29, 1.82) is 0 Å². The molecule has 0 unspecified atom stereocenters. The molecular weight excluding hydrogens is 402 g/mol. The summed E-state index contributed by atoms with van der Waals surface area (Å²) in [6.07, 6.45) is 4.66. The van der Waals surface area contributed by atoms with E-state index in [1.54, 1.807) is 46.8 Å². The molecule has 1 saturated heterocycles. The van der Waals surface area contributed by atoms with Crippen LogP contribution in [-0.2, 0) is 10.0 Å². The predicted octanol–water partition coefficient (Wildman–Crippen LogP) is 3.96. The van der Waals surface area contributed by atoms with E-state index in [1.807, 2.05) is 0 Å². The number of rotatable bonds is 4. The predicted molar refractivity (Wildman–Crippen MR) is 112 cm³/mol. The number of benzene rings is 2. The molecule has 0 bridgehead atoms. The van der Waals surface area contributed by atoms with E-state index < -0.39 is 22.0 Å². The minimum Gasteiger partial charge on any atom is -0.478 e. The lowest BCUT2D eigenvalue weighted by Crippen LogP contribution is -2.40. The van der Waals surface area contributed by atoms with Crippen LogP contribution in [-0.4, -0.2) is 39.8 Å². The number of para-hydroxylation sites is 1. The van der Waals surface area contributed by atoms with Crippen LogP contribution in [0.1, 0.15) is 54.3 Å². The lowest BCUT2D eigenvalue weighted by Gasteiger charge is -2.32. The number of sulfonamides is 1. The molecule has 1 aliphatic heterocycles. The van der Waals surface area contributed by atoms with E-state index >= 15 is 0 Å². The van der Waals surface area contributed by atoms with Crippen molar-refractivity contribution in [2.24, 2.45) is 5.92 Å². The summed E-state index contributed by atoms with van der Waals surface area (Å²) in [5, 5.41) is 9.50. The molecule has 3 aromatic rings. The summed E-state index contributed by atoms with van der Waals surface area (Å²) in [5.41, 5.74) is 1.09. The molecule has 0 spiro atoms. The molecule has 0 radical (unpaired) electrons. The lowest BCUT2D eigenvalue weighted by molar-refractivity contribution is 0.0699. The third-order valence-corrected chi connectivity index (χ3v) is 8.37. The Morgan fingerprint density at radius 1 is 1.07 bits per heavy atom. The highest BCUT2D eigenvalue weighted by Gasteiger charge is 2.49. The number of fused-ring (bicyclic) bond motifs is 2. The van der Waals surface area contributed by atoms with Gasteiger partial charge in [0.1, 0.15) is 11.3 Å². The zero-order valence-corrected chi connectivity index (χ0v) is 17.2. The molecule has 156 valence electrons. The molecule has 8 heteroatoms. The van der Waals surface area contributed by atoms with Crippen LogP contribution >= 0.6 is 0 Å². The van der Waals surface area contributed by atoms with Crippen molar-refractivity contribution in [3.63, 3.8) is 0 Å². The summed E-state index contributed by atoms with van der Waals surface area (Å²) in [6, 6.07) is 13.0. The molecule has 2 aliphatic rings. The van der Waals surface area contributed by atoms with Crippen LogP contribution < -0.4 is 0 Å². The van der Waals surface area contributed by atoms with Gasteiger partial charge >= 0.3 is 5.97 Å². The monoisotopic (exact) mass is 425 g/mol.